The third kappa shape index (κ3) is 2.90. The predicted octanol–water partition coefficient (Wildman–Crippen LogP) is 4.49. The summed E-state index contributed by atoms with van der Waals surface area (Å²) in [6, 6.07) is 6.98. The van der Waals surface area contributed by atoms with Gasteiger partial charge in [-0.2, -0.15) is 9.98 Å². The molecule has 2 aromatic carbocycles. The number of nitrogens with zero attached hydrogens (tertiary/aromatic N) is 4. The Morgan fingerprint density at radius 1 is 0.731 bits per heavy atom. The number of hydrogen-bond acceptors (Lipinski definition) is 6. The zero-order valence-corrected chi connectivity index (χ0v) is 14.2. The molecule has 0 unspecified atom stereocenters. The highest BCUT2D eigenvalue weighted by atomic mass is 35.5. The van der Waals surface area contributed by atoms with Crippen LogP contribution in [0.4, 0.5) is 32.3 Å². The van der Waals surface area contributed by atoms with Gasteiger partial charge in [-0.15, -0.1) is 0 Å². The highest BCUT2D eigenvalue weighted by molar-refractivity contribution is 6.42. The number of urea groups is 2. The minimum Gasteiger partial charge on any atom is -0.246 e. The molecule has 4 amide bonds. The Bertz CT molecular complexity index is 947. The molecule has 2 aromatic rings. The van der Waals surface area contributed by atoms with Crippen molar-refractivity contribution in [3.05, 3.63) is 46.4 Å². The second-order valence-corrected chi connectivity index (χ2v) is 5.73. The van der Waals surface area contributed by atoms with Crippen LogP contribution in [-0.2, 0) is 9.59 Å². The zero-order chi connectivity index (χ0) is 18.8. The number of amides is 4. The normalized spacial score (nSPS) is 13.0. The van der Waals surface area contributed by atoms with Gasteiger partial charge in [-0.05, 0) is 36.4 Å². The Morgan fingerprint density at radius 3 is 1.46 bits per heavy atom. The molecule has 1 aliphatic heterocycles. The van der Waals surface area contributed by atoms with E-state index in [1.807, 2.05) is 0 Å². The summed E-state index contributed by atoms with van der Waals surface area (Å²) in [4.78, 5) is 54.3. The van der Waals surface area contributed by atoms with Crippen molar-refractivity contribution in [2.75, 3.05) is 9.80 Å². The number of benzene rings is 2. The first-order valence-electron chi connectivity index (χ1n) is 6.91. The van der Waals surface area contributed by atoms with E-state index in [0.717, 1.165) is 9.80 Å². The van der Waals surface area contributed by atoms with Gasteiger partial charge in [0.05, 0.1) is 32.8 Å². The van der Waals surface area contributed by atoms with Crippen LogP contribution in [0.25, 0.3) is 0 Å². The zero-order valence-electron chi connectivity index (χ0n) is 12.6. The van der Waals surface area contributed by atoms with Gasteiger partial charge in [0, 0.05) is 0 Å². The standard InChI is InChI=1S/C16H6Cl2N4O4/c17-11-3-1-9(5-13(11)19-7-23)21-15(25)22(16(21)26)10-2-4-12(18)14(6-10)20-8-24/h1-6H. The molecule has 128 valence electrons. The molecule has 26 heavy (non-hydrogen) atoms. The topological polar surface area (TPSA) is 99.5 Å². The number of aliphatic imine (C=N–C) groups is 2. The van der Waals surface area contributed by atoms with E-state index in [-0.39, 0.29) is 32.8 Å². The van der Waals surface area contributed by atoms with Crippen LogP contribution in [0.1, 0.15) is 0 Å². The predicted molar refractivity (Wildman–Crippen MR) is 94.2 cm³/mol. The Kier molecular flexibility index (Phi) is 4.67. The Labute approximate surface area is 156 Å². The van der Waals surface area contributed by atoms with Gasteiger partial charge in [0.2, 0.25) is 12.2 Å². The molecule has 0 bridgehead atoms. The van der Waals surface area contributed by atoms with Crippen molar-refractivity contribution >= 4 is 70.2 Å². The third-order valence-electron chi connectivity index (χ3n) is 3.47. The summed E-state index contributed by atoms with van der Waals surface area (Å²) in [5.41, 5.74) is 0.532. The van der Waals surface area contributed by atoms with E-state index in [9.17, 15) is 19.2 Å². The number of carbonyl (C=O) groups is 2. The first-order chi connectivity index (χ1) is 12.5. The quantitative estimate of drug-likeness (QED) is 0.568. The van der Waals surface area contributed by atoms with Crippen LogP contribution in [0.5, 0.6) is 0 Å². The highest BCUT2D eigenvalue weighted by Crippen LogP contribution is 2.37. The summed E-state index contributed by atoms with van der Waals surface area (Å²) in [6.07, 6.45) is 2.69. The molecule has 1 fully saturated rings. The molecule has 0 saturated carbocycles. The van der Waals surface area contributed by atoms with Crippen LogP contribution in [0.15, 0.2) is 46.4 Å². The van der Waals surface area contributed by atoms with Gasteiger partial charge in [-0.1, -0.05) is 23.2 Å². The van der Waals surface area contributed by atoms with Crippen LogP contribution >= 0.6 is 23.2 Å². The highest BCUT2D eigenvalue weighted by Gasteiger charge is 2.46. The summed E-state index contributed by atoms with van der Waals surface area (Å²) in [5.74, 6) is 0. The van der Waals surface area contributed by atoms with Crippen molar-refractivity contribution < 1.29 is 19.2 Å². The molecule has 0 N–H and O–H groups in total. The lowest BCUT2D eigenvalue weighted by Crippen LogP contribution is -2.64. The molecule has 0 aromatic heterocycles. The van der Waals surface area contributed by atoms with Crippen LogP contribution in [0.2, 0.25) is 10.0 Å². The molecule has 10 heteroatoms. The Morgan fingerprint density at radius 2 is 1.12 bits per heavy atom. The van der Waals surface area contributed by atoms with E-state index in [1.54, 1.807) is 0 Å². The monoisotopic (exact) mass is 388 g/mol. The van der Waals surface area contributed by atoms with E-state index >= 15 is 0 Å². The van der Waals surface area contributed by atoms with Crippen molar-refractivity contribution in [1.82, 2.24) is 0 Å². The summed E-state index contributed by atoms with van der Waals surface area (Å²) >= 11 is 11.7. The molecule has 1 saturated heterocycles. The molecule has 1 heterocycles. The smallest absolute Gasteiger partial charge is 0.246 e. The average molecular weight is 389 g/mol. The second-order valence-electron chi connectivity index (χ2n) is 4.91. The van der Waals surface area contributed by atoms with E-state index in [4.69, 9.17) is 23.2 Å². The minimum atomic E-state index is -0.651. The fourth-order valence-corrected chi connectivity index (χ4v) is 2.63. The van der Waals surface area contributed by atoms with Gasteiger partial charge in [-0.25, -0.2) is 29.0 Å². The van der Waals surface area contributed by atoms with E-state index < -0.39 is 12.1 Å². The molecule has 0 spiro atoms. The van der Waals surface area contributed by atoms with Gasteiger partial charge < -0.3 is 0 Å². The van der Waals surface area contributed by atoms with Crippen LogP contribution in [-0.4, -0.2) is 24.2 Å². The van der Waals surface area contributed by atoms with Gasteiger partial charge in [0.25, 0.3) is 0 Å². The molecule has 0 atom stereocenters. The summed E-state index contributed by atoms with van der Waals surface area (Å²) in [5, 5.41) is 0.340. The van der Waals surface area contributed by atoms with Gasteiger partial charge in [0.15, 0.2) is 0 Å². The van der Waals surface area contributed by atoms with Crippen molar-refractivity contribution in [3.8, 4) is 0 Å². The second kappa shape index (κ2) is 6.92. The SMILES string of the molecule is O=C=Nc1cc(N2C(=O)N(c3ccc(Cl)c(N=C=O)c3)C2=O)ccc1Cl. The molecule has 8 nitrogen and oxygen atoms in total. The molecule has 0 radical (unpaired) electrons. The lowest BCUT2D eigenvalue weighted by Gasteiger charge is -2.38. The van der Waals surface area contributed by atoms with Crippen LogP contribution < -0.4 is 9.80 Å². The van der Waals surface area contributed by atoms with E-state index in [0.29, 0.717) is 0 Å². The van der Waals surface area contributed by atoms with Gasteiger partial charge >= 0.3 is 12.1 Å². The average Bonchev–Trinajstić information content (AvgIpc) is 2.61. The van der Waals surface area contributed by atoms with Gasteiger partial charge in [-0.3, -0.25) is 0 Å². The first-order valence-corrected chi connectivity index (χ1v) is 7.66. The van der Waals surface area contributed by atoms with E-state index in [1.165, 1.54) is 48.6 Å². The van der Waals surface area contributed by atoms with Gasteiger partial charge in [0.1, 0.15) is 0 Å². The fourth-order valence-electron chi connectivity index (χ4n) is 2.31. The number of rotatable bonds is 4. The number of isocyanates is 2. The minimum absolute atomic E-state index is 0.0762. The largest absolute Gasteiger partial charge is 0.345 e. The molecule has 3 rings (SSSR count). The third-order valence-corrected chi connectivity index (χ3v) is 4.11. The summed E-state index contributed by atoms with van der Waals surface area (Å²) in [7, 11) is 0. The van der Waals surface area contributed by atoms with Crippen LogP contribution in [0, 0.1) is 0 Å². The molecule has 1 aliphatic rings. The maximum Gasteiger partial charge on any atom is 0.345 e. The number of imide groups is 2. The Balaban J connectivity index is 1.94. The summed E-state index contributed by atoms with van der Waals surface area (Å²) < 4.78 is 0. The number of carbonyl (C=O) groups excluding carboxylic acids is 4. The lowest BCUT2D eigenvalue weighted by atomic mass is 10.2. The number of halogens is 2. The van der Waals surface area contributed by atoms with Crippen molar-refractivity contribution in [2.45, 2.75) is 0 Å². The van der Waals surface area contributed by atoms with Crippen molar-refractivity contribution in [2.24, 2.45) is 9.98 Å². The molecular weight excluding hydrogens is 383 g/mol. The molecule has 0 aliphatic carbocycles. The summed E-state index contributed by atoms with van der Waals surface area (Å²) in [6.45, 7) is 0. The maximum absolute atomic E-state index is 12.4. The Hall–Kier alpha value is -3.28. The number of hydrogen-bond donors (Lipinski definition) is 0. The first kappa shape index (κ1) is 17.5. The number of anilines is 2. The molecular formula is C16H6Cl2N4O4. The fraction of sp³-hybridized carbons (Fsp3) is 0. The van der Waals surface area contributed by atoms with E-state index in [2.05, 4.69) is 9.98 Å². The van der Waals surface area contributed by atoms with Crippen molar-refractivity contribution in [3.63, 3.8) is 0 Å². The lowest BCUT2D eigenvalue weighted by molar-refractivity contribution is 0.226. The van der Waals surface area contributed by atoms with Crippen molar-refractivity contribution in [1.29, 1.82) is 0 Å². The maximum atomic E-state index is 12.4. The van der Waals surface area contributed by atoms with Crippen LogP contribution in [0.3, 0.4) is 0 Å².